The molecule has 0 heterocycles. The average Bonchev–Trinajstić information content (AvgIpc) is 2.50. The van der Waals surface area contributed by atoms with E-state index in [-0.39, 0.29) is 18.9 Å². The van der Waals surface area contributed by atoms with Gasteiger partial charge in [0.25, 0.3) is 0 Å². The summed E-state index contributed by atoms with van der Waals surface area (Å²) in [6.07, 6.45) is 4.39. The van der Waals surface area contributed by atoms with Crippen LogP contribution >= 0.6 is 0 Å². The number of fused-ring (bicyclic) bond motifs is 1. The Balaban J connectivity index is 0.000000845. The van der Waals surface area contributed by atoms with Crippen molar-refractivity contribution in [2.24, 2.45) is 0 Å². The zero-order chi connectivity index (χ0) is 8.39. The first kappa shape index (κ1) is 10.8. The van der Waals surface area contributed by atoms with Gasteiger partial charge in [-0.15, -0.1) is 0 Å². The maximum Gasteiger partial charge on any atom is 1.00 e. The standard InChI is InChI=1S/C10H10OSi.Li/c1-11-12-10-7-6-8-4-2-3-5-9(8)10;/h2-7,10H,1H3;/q;+1. The molecule has 1 aliphatic rings. The second kappa shape index (κ2) is 4.83. The second-order valence-corrected chi connectivity index (χ2v) is 4.05. The topological polar surface area (TPSA) is 9.23 Å². The smallest absolute Gasteiger partial charge is 0.420 e. The van der Waals surface area contributed by atoms with Crippen LogP contribution in [0, 0.1) is 0 Å². The van der Waals surface area contributed by atoms with E-state index in [1.54, 1.807) is 7.11 Å². The van der Waals surface area contributed by atoms with Crippen LogP contribution in [0.25, 0.3) is 6.08 Å². The molecule has 1 aliphatic carbocycles. The minimum atomic E-state index is 0. The Labute approximate surface area is 93.3 Å². The number of hydrogen-bond donors (Lipinski definition) is 0. The van der Waals surface area contributed by atoms with E-state index >= 15 is 0 Å². The van der Waals surface area contributed by atoms with Gasteiger partial charge in [-0.05, 0) is 11.1 Å². The quantitative estimate of drug-likeness (QED) is 0.533. The molecular formula is C10H10LiOSi+. The molecule has 1 atom stereocenters. The predicted octanol–water partition coefficient (Wildman–Crippen LogP) is -0.976. The van der Waals surface area contributed by atoms with E-state index < -0.39 is 0 Å². The van der Waals surface area contributed by atoms with Crippen molar-refractivity contribution in [2.75, 3.05) is 7.11 Å². The summed E-state index contributed by atoms with van der Waals surface area (Å²) in [5.41, 5.74) is 3.23. The van der Waals surface area contributed by atoms with Gasteiger partial charge in [-0.2, -0.15) is 0 Å². The fourth-order valence-electron chi connectivity index (χ4n) is 1.48. The van der Waals surface area contributed by atoms with E-state index in [0.717, 1.165) is 0 Å². The maximum atomic E-state index is 5.16. The normalized spacial score (nSPS) is 18.1. The monoisotopic (exact) mass is 181 g/mol. The zero-order valence-electron chi connectivity index (χ0n) is 7.95. The van der Waals surface area contributed by atoms with Crippen LogP contribution in [0.4, 0.5) is 0 Å². The third-order valence-electron chi connectivity index (χ3n) is 2.04. The fraction of sp³-hybridized carbons (Fsp3) is 0.200. The Hall–Kier alpha value is -0.266. The van der Waals surface area contributed by atoms with E-state index in [2.05, 4.69) is 36.4 Å². The Kier molecular flexibility index (Phi) is 4.02. The molecule has 60 valence electrons. The van der Waals surface area contributed by atoms with Gasteiger partial charge in [0, 0.05) is 12.7 Å². The van der Waals surface area contributed by atoms with E-state index in [4.69, 9.17) is 4.43 Å². The minimum Gasteiger partial charge on any atom is -0.420 e. The zero-order valence-corrected chi connectivity index (χ0v) is 8.95. The van der Waals surface area contributed by atoms with Crippen molar-refractivity contribution in [3.05, 3.63) is 41.5 Å². The van der Waals surface area contributed by atoms with Gasteiger partial charge in [-0.25, -0.2) is 0 Å². The molecule has 3 heteroatoms. The molecule has 2 radical (unpaired) electrons. The Morgan fingerprint density at radius 3 is 2.85 bits per heavy atom. The van der Waals surface area contributed by atoms with Crippen molar-refractivity contribution in [2.45, 2.75) is 5.54 Å². The van der Waals surface area contributed by atoms with Crippen LogP contribution in [-0.2, 0) is 4.43 Å². The molecule has 0 amide bonds. The fourth-order valence-corrected chi connectivity index (χ4v) is 2.30. The van der Waals surface area contributed by atoms with Crippen LogP contribution in [0.1, 0.15) is 16.7 Å². The second-order valence-electron chi connectivity index (χ2n) is 2.79. The summed E-state index contributed by atoms with van der Waals surface area (Å²) in [5.74, 6) is 0. The molecule has 1 unspecified atom stereocenters. The van der Waals surface area contributed by atoms with E-state index in [0.29, 0.717) is 15.3 Å². The third kappa shape index (κ3) is 2.15. The van der Waals surface area contributed by atoms with Gasteiger partial charge in [-0.1, -0.05) is 36.4 Å². The van der Waals surface area contributed by atoms with Gasteiger partial charge < -0.3 is 4.43 Å². The molecule has 0 fully saturated rings. The average molecular weight is 181 g/mol. The summed E-state index contributed by atoms with van der Waals surface area (Å²) >= 11 is 0. The summed E-state index contributed by atoms with van der Waals surface area (Å²) in [5, 5.41) is 0. The summed E-state index contributed by atoms with van der Waals surface area (Å²) in [4.78, 5) is 0. The largest absolute Gasteiger partial charge is 1.00 e. The van der Waals surface area contributed by atoms with Gasteiger partial charge >= 0.3 is 18.9 Å². The van der Waals surface area contributed by atoms with Gasteiger partial charge in [0.1, 0.15) is 0 Å². The van der Waals surface area contributed by atoms with Crippen LogP contribution < -0.4 is 18.9 Å². The molecule has 0 spiro atoms. The summed E-state index contributed by atoms with van der Waals surface area (Å²) in [7, 11) is 2.31. The third-order valence-corrected chi connectivity index (χ3v) is 3.04. The summed E-state index contributed by atoms with van der Waals surface area (Å²) < 4.78 is 5.16. The molecule has 1 aromatic rings. The molecule has 2 rings (SSSR count). The van der Waals surface area contributed by atoms with Gasteiger partial charge in [0.05, 0.1) is 0 Å². The van der Waals surface area contributed by atoms with Crippen LogP contribution in [0.2, 0.25) is 0 Å². The molecule has 0 saturated heterocycles. The molecule has 1 aromatic carbocycles. The Bertz CT molecular complexity index is 312. The first-order chi connectivity index (χ1) is 5.92. The van der Waals surface area contributed by atoms with Crippen molar-refractivity contribution in [3.63, 3.8) is 0 Å². The predicted molar refractivity (Wildman–Crippen MR) is 51.0 cm³/mol. The van der Waals surface area contributed by atoms with E-state index in [1.165, 1.54) is 11.1 Å². The number of rotatable bonds is 2. The first-order valence-corrected chi connectivity index (χ1v) is 4.96. The molecular weight excluding hydrogens is 171 g/mol. The van der Waals surface area contributed by atoms with Gasteiger partial charge in [-0.3, -0.25) is 0 Å². The Morgan fingerprint density at radius 1 is 1.31 bits per heavy atom. The van der Waals surface area contributed by atoms with Crippen molar-refractivity contribution < 1.29 is 23.3 Å². The van der Waals surface area contributed by atoms with Crippen molar-refractivity contribution in [3.8, 4) is 0 Å². The van der Waals surface area contributed by atoms with Crippen LogP contribution in [0.3, 0.4) is 0 Å². The van der Waals surface area contributed by atoms with Gasteiger partial charge in [0.15, 0.2) is 0 Å². The molecule has 0 N–H and O–H groups in total. The number of hydrogen-bond acceptors (Lipinski definition) is 1. The van der Waals surface area contributed by atoms with E-state index in [1.807, 2.05) is 0 Å². The molecule has 13 heavy (non-hydrogen) atoms. The maximum absolute atomic E-state index is 5.16. The van der Waals surface area contributed by atoms with Crippen molar-refractivity contribution in [1.29, 1.82) is 0 Å². The van der Waals surface area contributed by atoms with Gasteiger partial charge in [0.2, 0.25) is 9.76 Å². The first-order valence-electron chi connectivity index (χ1n) is 3.97. The van der Waals surface area contributed by atoms with E-state index in [9.17, 15) is 0 Å². The number of benzene rings is 1. The minimum absolute atomic E-state index is 0. The van der Waals surface area contributed by atoms with Crippen molar-refractivity contribution >= 4 is 15.8 Å². The molecule has 0 saturated carbocycles. The Morgan fingerprint density at radius 2 is 2.08 bits per heavy atom. The summed E-state index contributed by atoms with van der Waals surface area (Å²) in [6, 6.07) is 8.47. The summed E-state index contributed by atoms with van der Waals surface area (Å²) in [6.45, 7) is 0. The molecule has 0 aliphatic heterocycles. The molecule has 0 aromatic heterocycles. The van der Waals surface area contributed by atoms with Crippen LogP contribution in [0.5, 0.6) is 0 Å². The number of allylic oxidation sites excluding steroid dienone is 1. The van der Waals surface area contributed by atoms with Crippen LogP contribution in [-0.4, -0.2) is 16.9 Å². The van der Waals surface area contributed by atoms with Crippen molar-refractivity contribution in [1.82, 2.24) is 0 Å². The molecule has 0 bridgehead atoms. The molecule has 1 nitrogen and oxygen atoms in total. The SMILES string of the molecule is CO[Si]C1C=Cc2ccccc21.[Li+]. The van der Waals surface area contributed by atoms with Crippen LogP contribution in [0.15, 0.2) is 30.3 Å².